The third-order valence-electron chi connectivity index (χ3n) is 7.54. The van der Waals surface area contributed by atoms with Crippen LogP contribution in [0.1, 0.15) is 25.0 Å². The monoisotopic (exact) mass is 478 g/mol. The van der Waals surface area contributed by atoms with Gasteiger partial charge in [0.2, 0.25) is 11.9 Å². The van der Waals surface area contributed by atoms with Gasteiger partial charge >= 0.3 is 5.66 Å². The smallest absolute Gasteiger partial charge is 0.353 e. The highest BCUT2D eigenvalue weighted by Crippen LogP contribution is 2.48. The lowest BCUT2D eigenvalue weighted by Crippen LogP contribution is -2.57. The summed E-state index contributed by atoms with van der Waals surface area (Å²) in [6, 6.07) is 6.37. The Morgan fingerprint density at radius 1 is 1.09 bits per heavy atom. The molecule has 2 aromatic heterocycles. The third kappa shape index (κ3) is 3.47. The summed E-state index contributed by atoms with van der Waals surface area (Å²) < 4.78 is 30.0. The summed E-state index contributed by atoms with van der Waals surface area (Å²) in [5.41, 5.74) is 0.451. The Labute approximate surface area is 201 Å². The number of nitrogens with one attached hydrogen (secondary N) is 1. The van der Waals surface area contributed by atoms with Crippen molar-refractivity contribution in [3.63, 3.8) is 0 Å². The summed E-state index contributed by atoms with van der Waals surface area (Å²) >= 11 is 0. The van der Waals surface area contributed by atoms with Crippen LogP contribution >= 0.6 is 0 Å². The normalized spacial score (nSPS) is 25.3. The van der Waals surface area contributed by atoms with Gasteiger partial charge in [-0.1, -0.05) is 4.85 Å². The van der Waals surface area contributed by atoms with Gasteiger partial charge in [0.05, 0.1) is 17.5 Å². The lowest BCUT2D eigenvalue weighted by atomic mass is 9.85. The molecule has 1 saturated heterocycles. The van der Waals surface area contributed by atoms with Crippen LogP contribution in [0, 0.1) is 37.0 Å². The summed E-state index contributed by atoms with van der Waals surface area (Å²) in [5.74, 6) is 0.884. The van der Waals surface area contributed by atoms with Gasteiger partial charge < -0.3 is 9.80 Å². The average Bonchev–Trinajstić information content (AvgIpc) is 3.33. The molecule has 1 aromatic carbocycles. The van der Waals surface area contributed by atoms with Crippen molar-refractivity contribution in [3.8, 4) is 6.57 Å². The van der Waals surface area contributed by atoms with Gasteiger partial charge in [-0.3, -0.25) is 5.32 Å². The Morgan fingerprint density at radius 2 is 1.83 bits per heavy atom. The van der Waals surface area contributed by atoms with Gasteiger partial charge in [-0.15, -0.1) is 5.10 Å². The van der Waals surface area contributed by atoms with Crippen LogP contribution in [-0.4, -0.2) is 50.0 Å². The molecule has 1 N–H and O–H groups in total. The number of nitrogens with zero attached hydrogens (tertiary/aromatic N) is 8. The lowest BCUT2D eigenvalue weighted by molar-refractivity contribution is 0.290. The Bertz CT molecular complexity index is 1290. The standard InChI is InChI=1S/C24H26F2N9/c1-15-20(26)21(29-14-28-15)33-12-16-4-5-17(13-33)24(16,27-2)31-22-30-23-34(10-3-11-35(23)32-22)19-8-6-18(25)7-9-19/h2,6-9,14,16-17H,3-5,10-13H2,1H3,(H,31,32)/q+1/t16-,17+,24?. The molecule has 1 aliphatic carbocycles. The number of aromatic nitrogens is 5. The third-order valence-corrected chi connectivity index (χ3v) is 7.54. The molecule has 0 amide bonds. The van der Waals surface area contributed by atoms with E-state index in [9.17, 15) is 8.78 Å². The lowest BCUT2D eigenvalue weighted by Gasteiger charge is -2.38. The summed E-state index contributed by atoms with van der Waals surface area (Å²) in [5, 5.41) is 8.17. The van der Waals surface area contributed by atoms with Crippen molar-refractivity contribution in [1.29, 1.82) is 0 Å². The fourth-order valence-electron chi connectivity index (χ4n) is 5.79. The van der Waals surface area contributed by atoms with Gasteiger partial charge in [-0.25, -0.2) is 23.4 Å². The van der Waals surface area contributed by atoms with E-state index in [1.807, 2.05) is 14.5 Å². The Balaban J connectivity index is 1.27. The molecule has 3 aromatic rings. The molecule has 0 radical (unpaired) electrons. The first-order valence-corrected chi connectivity index (χ1v) is 11.9. The van der Waals surface area contributed by atoms with Crippen LogP contribution in [0.5, 0.6) is 0 Å². The van der Waals surface area contributed by atoms with Crippen LogP contribution in [-0.2, 0) is 6.54 Å². The quantitative estimate of drug-likeness (QED) is 0.611. The molecular weight excluding hydrogens is 452 g/mol. The first-order valence-electron chi connectivity index (χ1n) is 11.9. The van der Waals surface area contributed by atoms with Gasteiger partial charge in [0, 0.05) is 31.9 Å². The maximum atomic E-state index is 14.7. The molecule has 2 fully saturated rings. The van der Waals surface area contributed by atoms with Crippen molar-refractivity contribution in [3.05, 3.63) is 52.8 Å². The van der Waals surface area contributed by atoms with Gasteiger partial charge in [0.25, 0.3) is 6.57 Å². The minimum absolute atomic E-state index is 0.0367. The molecule has 2 aliphatic heterocycles. The molecule has 35 heavy (non-hydrogen) atoms. The number of hydrogen-bond donors (Lipinski definition) is 1. The average molecular weight is 479 g/mol. The fourth-order valence-corrected chi connectivity index (χ4v) is 5.79. The van der Waals surface area contributed by atoms with Crippen LogP contribution < -0.4 is 15.1 Å². The van der Waals surface area contributed by atoms with Crippen molar-refractivity contribution in [2.45, 2.75) is 38.4 Å². The molecule has 1 saturated carbocycles. The molecule has 180 valence electrons. The number of benzene rings is 1. The van der Waals surface area contributed by atoms with Gasteiger partial charge in [-0.2, -0.15) is 4.98 Å². The zero-order valence-corrected chi connectivity index (χ0v) is 19.4. The van der Waals surface area contributed by atoms with Gasteiger partial charge in [0.15, 0.2) is 11.6 Å². The number of rotatable bonds is 4. The minimum Gasteiger partial charge on any atom is -0.353 e. The molecule has 0 spiro atoms. The van der Waals surface area contributed by atoms with E-state index in [0.717, 1.165) is 38.0 Å². The highest BCUT2D eigenvalue weighted by atomic mass is 19.1. The minimum atomic E-state index is -0.743. The summed E-state index contributed by atoms with van der Waals surface area (Å²) in [6.45, 7) is 10.3. The molecule has 4 heterocycles. The molecule has 3 atom stereocenters. The highest BCUT2D eigenvalue weighted by Gasteiger charge is 2.64. The van der Waals surface area contributed by atoms with Crippen LogP contribution in [0.4, 0.5) is 32.2 Å². The molecule has 2 bridgehead atoms. The van der Waals surface area contributed by atoms with E-state index in [1.54, 1.807) is 19.1 Å². The molecule has 11 heteroatoms. The summed E-state index contributed by atoms with van der Waals surface area (Å²) in [4.78, 5) is 21.3. The van der Waals surface area contributed by atoms with Crippen LogP contribution in [0.15, 0.2) is 30.6 Å². The van der Waals surface area contributed by atoms with Crippen LogP contribution in [0.2, 0.25) is 0 Å². The second-order valence-corrected chi connectivity index (χ2v) is 9.49. The Hall–Kier alpha value is -3.81. The zero-order valence-electron chi connectivity index (χ0n) is 19.4. The van der Waals surface area contributed by atoms with E-state index in [0.29, 0.717) is 36.5 Å². The number of halogens is 2. The van der Waals surface area contributed by atoms with Gasteiger partial charge in [-0.05, 0) is 50.5 Å². The molecule has 6 rings (SSSR count). The van der Waals surface area contributed by atoms with E-state index in [2.05, 4.69) is 20.1 Å². The first-order chi connectivity index (χ1) is 17.0. The number of anilines is 4. The number of hydrogen-bond acceptors (Lipinski definition) is 7. The highest BCUT2D eigenvalue weighted by molar-refractivity contribution is 5.59. The van der Waals surface area contributed by atoms with E-state index in [4.69, 9.17) is 16.7 Å². The topological polar surface area (TPSA) is 79.4 Å². The van der Waals surface area contributed by atoms with E-state index in [1.165, 1.54) is 18.5 Å². The SMILES string of the molecule is C#[N+]C1(Nc2nc3n(n2)CCCN3c2ccc(F)cc2)[C@@H]2CC[C@H]1CN(c1ncnc(C)c1F)C2. The Kier molecular flexibility index (Phi) is 5.05. The molecule has 9 nitrogen and oxygen atoms in total. The van der Waals surface area contributed by atoms with Gasteiger partial charge in [0.1, 0.15) is 12.1 Å². The summed E-state index contributed by atoms with van der Waals surface area (Å²) in [7, 11) is 0. The van der Waals surface area contributed by atoms with Crippen LogP contribution in [0.3, 0.4) is 0 Å². The molecule has 3 aliphatic rings. The molecular formula is C24H26F2N9+. The number of piperidine rings is 1. The predicted molar refractivity (Wildman–Crippen MR) is 128 cm³/mol. The van der Waals surface area contributed by atoms with Crippen molar-refractivity contribution in [2.75, 3.05) is 34.8 Å². The van der Waals surface area contributed by atoms with E-state index < -0.39 is 5.66 Å². The Morgan fingerprint density at radius 3 is 2.54 bits per heavy atom. The van der Waals surface area contributed by atoms with E-state index in [-0.39, 0.29) is 23.5 Å². The van der Waals surface area contributed by atoms with E-state index >= 15 is 0 Å². The number of aryl methyl sites for hydroxylation is 2. The predicted octanol–water partition coefficient (Wildman–Crippen LogP) is 3.81. The largest absolute Gasteiger partial charge is 0.364 e. The maximum absolute atomic E-state index is 14.7. The van der Waals surface area contributed by atoms with Crippen molar-refractivity contribution < 1.29 is 8.78 Å². The van der Waals surface area contributed by atoms with Crippen molar-refractivity contribution in [2.24, 2.45) is 11.8 Å². The van der Waals surface area contributed by atoms with Crippen LogP contribution in [0.25, 0.3) is 4.85 Å². The van der Waals surface area contributed by atoms with Crippen molar-refractivity contribution in [1.82, 2.24) is 24.7 Å². The second-order valence-electron chi connectivity index (χ2n) is 9.49. The maximum Gasteiger partial charge on any atom is 0.364 e. The zero-order chi connectivity index (χ0) is 24.2. The second kappa shape index (κ2) is 8.15. The molecule has 1 unspecified atom stereocenters. The van der Waals surface area contributed by atoms with Crippen molar-refractivity contribution >= 4 is 23.4 Å². The summed E-state index contributed by atoms with van der Waals surface area (Å²) in [6.07, 6.45) is 4.09. The first kappa shape index (κ1) is 21.7. The number of fused-ring (bicyclic) bond motifs is 3. The fraction of sp³-hybridized carbons (Fsp3) is 0.458.